The van der Waals surface area contributed by atoms with E-state index in [4.69, 9.17) is 4.74 Å². The third-order valence-electron chi connectivity index (χ3n) is 5.29. The minimum Gasteiger partial charge on any atom is -0.490 e. The molecule has 1 aliphatic carbocycles. The highest BCUT2D eigenvalue weighted by Gasteiger charge is 2.36. The van der Waals surface area contributed by atoms with Crippen LogP contribution in [0, 0.1) is 6.92 Å². The number of carboxylic acids is 1. The lowest BCUT2D eigenvalue weighted by molar-refractivity contribution is -0.143. The molecule has 1 atom stereocenters. The van der Waals surface area contributed by atoms with Gasteiger partial charge in [0.1, 0.15) is 17.6 Å². The monoisotopic (exact) mass is 370 g/mol. The summed E-state index contributed by atoms with van der Waals surface area (Å²) in [7, 11) is 0. The molecule has 1 amide bonds. The molecule has 8 heteroatoms. The molecule has 0 bridgehead atoms. The van der Waals surface area contributed by atoms with Crippen molar-refractivity contribution in [2.45, 2.75) is 57.8 Å². The lowest BCUT2D eigenvalue weighted by Crippen LogP contribution is -2.50. The van der Waals surface area contributed by atoms with E-state index in [1.54, 1.807) is 29.7 Å². The van der Waals surface area contributed by atoms with Gasteiger partial charge in [0.05, 0.1) is 19.2 Å². The molecule has 4 rings (SSSR count). The average Bonchev–Trinajstić information content (AvgIpc) is 3.30. The Labute approximate surface area is 156 Å². The van der Waals surface area contributed by atoms with Crippen molar-refractivity contribution in [2.24, 2.45) is 0 Å². The highest BCUT2D eigenvalue weighted by molar-refractivity contribution is 5.97. The molecule has 1 unspecified atom stereocenters. The van der Waals surface area contributed by atoms with Crippen molar-refractivity contribution in [1.29, 1.82) is 0 Å². The smallest absolute Gasteiger partial charge is 0.328 e. The minimum absolute atomic E-state index is 0.115. The van der Waals surface area contributed by atoms with Crippen LogP contribution in [0.1, 0.15) is 47.7 Å². The molecule has 0 saturated heterocycles. The number of aryl methyl sites for hydroxylation is 1. The van der Waals surface area contributed by atoms with E-state index in [1.807, 2.05) is 6.07 Å². The van der Waals surface area contributed by atoms with Crippen molar-refractivity contribution in [3.8, 4) is 5.75 Å². The summed E-state index contributed by atoms with van der Waals surface area (Å²) in [5, 5.41) is 17.7. The predicted molar refractivity (Wildman–Crippen MR) is 95.4 cm³/mol. The summed E-state index contributed by atoms with van der Waals surface area (Å²) in [6, 6.07) is 6.03. The van der Waals surface area contributed by atoms with Gasteiger partial charge in [-0.1, -0.05) is 6.07 Å². The number of fused-ring (bicyclic) bond motifs is 1. The molecule has 1 saturated carbocycles. The van der Waals surface area contributed by atoms with E-state index in [0.717, 1.165) is 25.7 Å². The van der Waals surface area contributed by atoms with Gasteiger partial charge in [-0.15, -0.1) is 10.2 Å². The van der Waals surface area contributed by atoms with Gasteiger partial charge in [-0.25, -0.2) is 4.79 Å². The summed E-state index contributed by atoms with van der Waals surface area (Å²) in [6.45, 7) is 2.04. The van der Waals surface area contributed by atoms with Crippen molar-refractivity contribution in [2.75, 3.05) is 0 Å². The van der Waals surface area contributed by atoms with E-state index in [9.17, 15) is 14.7 Å². The molecule has 1 aromatic heterocycles. The highest BCUT2D eigenvalue weighted by atomic mass is 16.5. The summed E-state index contributed by atoms with van der Waals surface area (Å²) >= 11 is 0. The van der Waals surface area contributed by atoms with Crippen LogP contribution < -0.4 is 4.74 Å². The largest absolute Gasteiger partial charge is 0.490 e. The Balaban J connectivity index is 1.58. The zero-order valence-corrected chi connectivity index (χ0v) is 15.2. The fraction of sp³-hybridized carbons (Fsp3) is 0.474. The zero-order chi connectivity index (χ0) is 19.0. The van der Waals surface area contributed by atoms with E-state index in [2.05, 4.69) is 10.2 Å². The summed E-state index contributed by atoms with van der Waals surface area (Å²) in [5.74, 6) is 0.509. The van der Waals surface area contributed by atoms with Gasteiger partial charge in [0.2, 0.25) is 0 Å². The van der Waals surface area contributed by atoms with Gasteiger partial charge in [0.15, 0.2) is 5.82 Å². The van der Waals surface area contributed by atoms with Crippen LogP contribution in [0.25, 0.3) is 0 Å². The van der Waals surface area contributed by atoms with Crippen LogP contribution in [-0.2, 0) is 17.9 Å². The van der Waals surface area contributed by atoms with Gasteiger partial charge in [-0.05, 0) is 50.8 Å². The summed E-state index contributed by atoms with van der Waals surface area (Å²) in [6.07, 6.45) is 4.58. The maximum atomic E-state index is 13.1. The van der Waals surface area contributed by atoms with Crippen molar-refractivity contribution < 1.29 is 19.4 Å². The molecule has 2 aliphatic rings. The fourth-order valence-electron chi connectivity index (χ4n) is 3.80. The molecule has 1 fully saturated rings. The Hall–Kier alpha value is -2.90. The van der Waals surface area contributed by atoms with Crippen molar-refractivity contribution >= 4 is 11.9 Å². The molecule has 27 heavy (non-hydrogen) atoms. The first-order valence-electron chi connectivity index (χ1n) is 9.22. The van der Waals surface area contributed by atoms with Gasteiger partial charge in [-0.3, -0.25) is 4.79 Å². The second-order valence-electron chi connectivity index (χ2n) is 7.11. The number of carboxylic acid groups (broad SMARTS) is 1. The molecular weight excluding hydrogens is 348 g/mol. The van der Waals surface area contributed by atoms with Crippen molar-refractivity contribution in [3.63, 3.8) is 0 Å². The first kappa shape index (κ1) is 17.5. The lowest BCUT2D eigenvalue weighted by atomic mass is 10.1. The van der Waals surface area contributed by atoms with E-state index < -0.39 is 12.0 Å². The number of carbonyl (C=O) groups is 2. The third-order valence-corrected chi connectivity index (χ3v) is 5.29. The quantitative estimate of drug-likeness (QED) is 0.884. The number of aromatic nitrogens is 3. The van der Waals surface area contributed by atoms with Crippen LogP contribution in [0.3, 0.4) is 0 Å². The number of rotatable bonds is 4. The van der Waals surface area contributed by atoms with Crippen LogP contribution in [-0.4, -0.2) is 48.8 Å². The van der Waals surface area contributed by atoms with Gasteiger partial charge in [0.25, 0.3) is 5.91 Å². The maximum Gasteiger partial charge on any atom is 0.328 e. The number of aliphatic carboxylic acids is 1. The molecular formula is C19H22N4O4. The highest BCUT2D eigenvalue weighted by Crippen LogP contribution is 2.26. The number of amides is 1. The van der Waals surface area contributed by atoms with Crippen LogP contribution in [0.4, 0.5) is 0 Å². The molecule has 1 aromatic carbocycles. The van der Waals surface area contributed by atoms with E-state index in [1.165, 1.54) is 4.90 Å². The number of hydrogen-bond donors (Lipinski definition) is 1. The SMILES string of the molecule is Cc1nnc2n1CC(C(=O)O)N(C(=O)c1cccc(OC3CCCC3)c1)C2. The Morgan fingerprint density at radius 1 is 1.22 bits per heavy atom. The summed E-state index contributed by atoms with van der Waals surface area (Å²) in [4.78, 5) is 26.2. The van der Waals surface area contributed by atoms with Crippen LogP contribution in [0.5, 0.6) is 5.75 Å². The molecule has 1 N–H and O–H groups in total. The Morgan fingerprint density at radius 3 is 2.74 bits per heavy atom. The number of nitrogens with zero attached hydrogens (tertiary/aromatic N) is 4. The topological polar surface area (TPSA) is 97.5 Å². The van der Waals surface area contributed by atoms with Gasteiger partial charge in [-0.2, -0.15) is 0 Å². The maximum absolute atomic E-state index is 13.1. The molecule has 2 heterocycles. The lowest BCUT2D eigenvalue weighted by Gasteiger charge is -2.33. The molecule has 142 valence electrons. The molecule has 8 nitrogen and oxygen atoms in total. The number of benzene rings is 1. The van der Waals surface area contributed by atoms with Gasteiger partial charge >= 0.3 is 5.97 Å². The second kappa shape index (κ2) is 7.02. The Kier molecular flexibility index (Phi) is 4.55. The Bertz CT molecular complexity index is 872. The van der Waals surface area contributed by atoms with E-state index >= 15 is 0 Å². The number of carbonyl (C=O) groups excluding carboxylic acids is 1. The average molecular weight is 370 g/mol. The molecule has 2 aromatic rings. The standard InChI is InChI=1S/C19H22N4O4/c1-12-20-21-17-11-23(16(19(25)26)10-22(12)17)18(24)13-5-4-8-15(9-13)27-14-6-2-3-7-14/h4-5,8-9,14,16H,2-3,6-7,10-11H2,1H3,(H,25,26). The van der Waals surface area contributed by atoms with E-state index in [-0.39, 0.29) is 25.1 Å². The zero-order valence-electron chi connectivity index (χ0n) is 15.2. The van der Waals surface area contributed by atoms with Crippen LogP contribution >= 0.6 is 0 Å². The fourth-order valence-corrected chi connectivity index (χ4v) is 3.80. The molecule has 1 aliphatic heterocycles. The van der Waals surface area contributed by atoms with Crippen molar-refractivity contribution in [1.82, 2.24) is 19.7 Å². The first-order valence-corrected chi connectivity index (χ1v) is 9.22. The third kappa shape index (κ3) is 3.39. The molecule has 0 spiro atoms. The van der Waals surface area contributed by atoms with Crippen molar-refractivity contribution in [3.05, 3.63) is 41.5 Å². The second-order valence-corrected chi connectivity index (χ2v) is 7.11. The van der Waals surface area contributed by atoms with Gasteiger partial charge < -0.3 is 19.3 Å². The first-order chi connectivity index (χ1) is 13.0. The molecule has 0 radical (unpaired) electrons. The van der Waals surface area contributed by atoms with Gasteiger partial charge in [0, 0.05) is 5.56 Å². The summed E-state index contributed by atoms with van der Waals surface area (Å²) < 4.78 is 7.73. The predicted octanol–water partition coefficient (Wildman–Crippen LogP) is 2.02. The van der Waals surface area contributed by atoms with Crippen LogP contribution in [0.15, 0.2) is 24.3 Å². The Morgan fingerprint density at radius 2 is 2.00 bits per heavy atom. The van der Waals surface area contributed by atoms with Crippen LogP contribution in [0.2, 0.25) is 0 Å². The number of hydrogen-bond acceptors (Lipinski definition) is 5. The summed E-state index contributed by atoms with van der Waals surface area (Å²) in [5.41, 5.74) is 0.418. The normalized spacial score (nSPS) is 19.7. The van der Waals surface area contributed by atoms with E-state index in [0.29, 0.717) is 23.0 Å². The minimum atomic E-state index is -1.04. The number of ether oxygens (including phenoxy) is 1.